The number of ether oxygens (including phenoxy) is 2. The van der Waals surface area contributed by atoms with Crippen LogP contribution < -0.4 is 10.3 Å². The molecule has 0 aliphatic carbocycles. The summed E-state index contributed by atoms with van der Waals surface area (Å²) >= 11 is 1.21. The number of carbonyl (C=O) groups is 1. The summed E-state index contributed by atoms with van der Waals surface area (Å²) in [4.78, 5) is 25.5. The molecule has 4 rings (SSSR count). The highest BCUT2D eigenvalue weighted by Gasteiger charge is 2.20. The molecule has 0 unspecified atom stereocenters. The van der Waals surface area contributed by atoms with Crippen molar-refractivity contribution in [2.45, 2.75) is 32.0 Å². The smallest absolute Gasteiger partial charge is 0.316 e. The van der Waals surface area contributed by atoms with E-state index in [2.05, 4.69) is 10.2 Å². The Morgan fingerprint density at radius 3 is 2.68 bits per heavy atom. The lowest BCUT2D eigenvalue weighted by molar-refractivity contribution is -0.144. The molecule has 0 fully saturated rings. The number of hydrogen-bond acceptors (Lipinski definition) is 7. The maximum Gasteiger partial charge on any atom is 0.316 e. The number of esters is 1. The summed E-state index contributed by atoms with van der Waals surface area (Å²) in [5.74, 6) is 0.629. The molecule has 160 valence electrons. The van der Waals surface area contributed by atoms with Gasteiger partial charge < -0.3 is 9.47 Å². The van der Waals surface area contributed by atoms with Crippen LogP contribution in [0.1, 0.15) is 19.4 Å². The molecule has 0 aliphatic heterocycles. The zero-order valence-electron chi connectivity index (χ0n) is 17.7. The van der Waals surface area contributed by atoms with E-state index >= 15 is 0 Å². The summed E-state index contributed by atoms with van der Waals surface area (Å²) in [7, 11) is 1.56. The van der Waals surface area contributed by atoms with E-state index in [1.807, 2.05) is 43.3 Å². The lowest BCUT2D eigenvalue weighted by atomic mass is 10.2. The predicted octanol–water partition coefficient (Wildman–Crippen LogP) is 3.39. The Bertz CT molecular complexity index is 1340. The molecule has 0 aliphatic rings. The van der Waals surface area contributed by atoms with E-state index < -0.39 is 0 Å². The van der Waals surface area contributed by atoms with E-state index in [1.165, 1.54) is 16.3 Å². The Morgan fingerprint density at radius 2 is 1.94 bits per heavy atom. The van der Waals surface area contributed by atoms with Crippen LogP contribution in [0.15, 0.2) is 52.4 Å². The number of aromatic nitrogens is 4. The van der Waals surface area contributed by atoms with Crippen LogP contribution in [0.25, 0.3) is 22.4 Å². The van der Waals surface area contributed by atoms with Gasteiger partial charge in [0.2, 0.25) is 5.78 Å². The van der Waals surface area contributed by atoms with E-state index in [0.29, 0.717) is 33.3 Å². The lowest BCUT2D eigenvalue weighted by Crippen LogP contribution is -2.22. The molecule has 0 saturated heterocycles. The van der Waals surface area contributed by atoms with E-state index in [4.69, 9.17) is 9.47 Å². The first-order chi connectivity index (χ1) is 14.9. The molecule has 0 spiro atoms. The van der Waals surface area contributed by atoms with Crippen LogP contribution in [0, 0.1) is 6.92 Å². The maximum absolute atomic E-state index is 13.5. The fourth-order valence-corrected chi connectivity index (χ4v) is 4.11. The number of rotatable bonds is 6. The molecule has 8 nitrogen and oxygen atoms in total. The highest BCUT2D eigenvalue weighted by atomic mass is 32.2. The van der Waals surface area contributed by atoms with Gasteiger partial charge in [0.15, 0.2) is 5.16 Å². The number of methoxy groups -OCH3 is 1. The Labute approximate surface area is 182 Å². The molecular formula is C22H22N4O4S. The third-order valence-electron chi connectivity index (χ3n) is 4.66. The summed E-state index contributed by atoms with van der Waals surface area (Å²) in [5, 5.41) is 9.56. The fraction of sp³-hybridized carbons (Fsp3) is 0.273. The molecule has 2 aromatic heterocycles. The van der Waals surface area contributed by atoms with Gasteiger partial charge in [-0.3, -0.25) is 14.0 Å². The van der Waals surface area contributed by atoms with Gasteiger partial charge in [-0.2, -0.15) is 0 Å². The van der Waals surface area contributed by atoms with E-state index in [1.54, 1.807) is 31.4 Å². The minimum absolute atomic E-state index is 0.0835. The molecule has 31 heavy (non-hydrogen) atoms. The normalized spacial score (nSPS) is 11.4. The van der Waals surface area contributed by atoms with Gasteiger partial charge in [-0.25, -0.2) is 4.57 Å². The van der Waals surface area contributed by atoms with Crippen molar-refractivity contribution in [2.75, 3.05) is 12.9 Å². The summed E-state index contributed by atoms with van der Waals surface area (Å²) in [5.41, 5.74) is 1.98. The van der Waals surface area contributed by atoms with E-state index in [0.717, 1.165) is 5.56 Å². The number of aryl methyl sites for hydroxylation is 1. The first kappa shape index (κ1) is 20.9. The van der Waals surface area contributed by atoms with Crippen molar-refractivity contribution in [1.82, 2.24) is 19.2 Å². The zero-order valence-corrected chi connectivity index (χ0v) is 18.5. The van der Waals surface area contributed by atoms with Crippen LogP contribution >= 0.6 is 11.8 Å². The van der Waals surface area contributed by atoms with Crippen molar-refractivity contribution in [1.29, 1.82) is 0 Å². The van der Waals surface area contributed by atoms with Gasteiger partial charge in [-0.1, -0.05) is 30.0 Å². The zero-order chi connectivity index (χ0) is 22.1. The third-order valence-corrected chi connectivity index (χ3v) is 5.56. The standard InChI is InChI=1S/C22H22N4O4S/c1-13(2)30-19(27)12-31-22-24-23-21-25(17-11-14(3)9-10-18(17)29-4)20(28)15-7-5-6-8-16(15)26(21)22/h5-11,13H,12H2,1-4H3. The predicted molar refractivity (Wildman–Crippen MR) is 119 cm³/mol. The van der Waals surface area contributed by atoms with Gasteiger partial charge in [-0.15, -0.1) is 10.2 Å². The molecule has 0 saturated carbocycles. The molecular weight excluding hydrogens is 416 g/mol. The van der Waals surface area contributed by atoms with Crippen LogP contribution in [0.4, 0.5) is 0 Å². The Balaban J connectivity index is 1.95. The summed E-state index contributed by atoms with van der Waals surface area (Å²) < 4.78 is 14.0. The Morgan fingerprint density at radius 1 is 1.16 bits per heavy atom. The molecule has 0 bridgehead atoms. The number of benzene rings is 2. The van der Waals surface area contributed by atoms with Crippen LogP contribution in [-0.4, -0.2) is 44.1 Å². The number of para-hydroxylation sites is 1. The summed E-state index contributed by atoms with van der Waals surface area (Å²) in [6, 6.07) is 12.9. The van der Waals surface area contributed by atoms with Gasteiger partial charge in [0.1, 0.15) is 5.75 Å². The number of thioether (sulfide) groups is 1. The van der Waals surface area contributed by atoms with Crippen molar-refractivity contribution >= 4 is 34.4 Å². The molecule has 2 heterocycles. The highest BCUT2D eigenvalue weighted by molar-refractivity contribution is 7.99. The van der Waals surface area contributed by atoms with Crippen molar-refractivity contribution in [3.05, 3.63) is 58.4 Å². The first-order valence-electron chi connectivity index (χ1n) is 9.77. The second-order valence-electron chi connectivity index (χ2n) is 7.28. The maximum atomic E-state index is 13.5. The van der Waals surface area contributed by atoms with Crippen LogP contribution in [0.5, 0.6) is 5.75 Å². The quantitative estimate of drug-likeness (QED) is 0.337. The van der Waals surface area contributed by atoms with Crippen molar-refractivity contribution in [3.8, 4) is 11.4 Å². The average molecular weight is 439 g/mol. The summed E-state index contributed by atoms with van der Waals surface area (Å²) in [6.45, 7) is 5.55. The molecule has 0 atom stereocenters. The number of carbonyl (C=O) groups excluding carboxylic acids is 1. The number of hydrogen-bond donors (Lipinski definition) is 0. The highest BCUT2D eigenvalue weighted by Crippen LogP contribution is 2.28. The fourth-order valence-electron chi connectivity index (χ4n) is 3.38. The van der Waals surface area contributed by atoms with E-state index in [9.17, 15) is 9.59 Å². The minimum atomic E-state index is -0.338. The average Bonchev–Trinajstić information content (AvgIpc) is 3.16. The van der Waals surface area contributed by atoms with Crippen LogP contribution in [0.2, 0.25) is 0 Å². The van der Waals surface area contributed by atoms with Gasteiger partial charge in [-0.05, 0) is 50.6 Å². The third kappa shape index (κ3) is 3.88. The van der Waals surface area contributed by atoms with Crippen molar-refractivity contribution in [3.63, 3.8) is 0 Å². The molecule has 9 heteroatoms. The number of nitrogens with zero attached hydrogens (tertiary/aromatic N) is 4. The largest absolute Gasteiger partial charge is 0.495 e. The molecule has 0 N–H and O–H groups in total. The van der Waals surface area contributed by atoms with Gasteiger partial charge in [0, 0.05) is 0 Å². The van der Waals surface area contributed by atoms with Gasteiger partial charge >= 0.3 is 5.97 Å². The monoisotopic (exact) mass is 438 g/mol. The van der Waals surface area contributed by atoms with Crippen LogP contribution in [-0.2, 0) is 9.53 Å². The lowest BCUT2D eigenvalue weighted by Gasteiger charge is -2.14. The van der Waals surface area contributed by atoms with Crippen molar-refractivity contribution < 1.29 is 14.3 Å². The molecule has 4 aromatic rings. The topological polar surface area (TPSA) is 87.7 Å². The van der Waals surface area contributed by atoms with Gasteiger partial charge in [0.25, 0.3) is 5.56 Å². The second-order valence-corrected chi connectivity index (χ2v) is 8.22. The van der Waals surface area contributed by atoms with Gasteiger partial charge in [0.05, 0.1) is 35.6 Å². The summed E-state index contributed by atoms with van der Waals surface area (Å²) in [6.07, 6.45) is -0.192. The second kappa shape index (κ2) is 8.43. The Kier molecular flexibility index (Phi) is 5.69. The molecule has 2 aromatic carbocycles. The minimum Gasteiger partial charge on any atom is -0.495 e. The SMILES string of the molecule is COc1ccc(C)cc1-n1c(=O)c2ccccc2n2c(SCC(=O)OC(C)C)nnc12. The van der Waals surface area contributed by atoms with E-state index in [-0.39, 0.29) is 23.4 Å². The molecule has 0 radical (unpaired) electrons. The number of fused-ring (bicyclic) bond motifs is 3. The Hall–Kier alpha value is -3.33. The van der Waals surface area contributed by atoms with Crippen LogP contribution in [0.3, 0.4) is 0 Å². The first-order valence-corrected chi connectivity index (χ1v) is 10.8. The van der Waals surface area contributed by atoms with Crippen molar-refractivity contribution in [2.24, 2.45) is 0 Å². The molecule has 0 amide bonds.